The number of nitrogens with two attached hydrogens (primary N) is 1. The summed E-state index contributed by atoms with van der Waals surface area (Å²) in [6.07, 6.45) is 4.84. The molecule has 0 bridgehead atoms. The Hall–Kier alpha value is -0.480. The summed E-state index contributed by atoms with van der Waals surface area (Å²) in [5, 5.41) is 0.639. The van der Waals surface area contributed by atoms with Crippen molar-refractivity contribution in [3.05, 3.63) is 18.2 Å². The van der Waals surface area contributed by atoms with E-state index in [0.717, 1.165) is 18.7 Å². The van der Waals surface area contributed by atoms with Crippen LogP contribution in [-0.2, 0) is 12.8 Å². The van der Waals surface area contributed by atoms with Gasteiger partial charge in [-0.25, -0.2) is 4.98 Å². The second kappa shape index (κ2) is 5.29. The summed E-state index contributed by atoms with van der Waals surface area (Å²) in [6.45, 7) is 2.99. The van der Waals surface area contributed by atoms with Gasteiger partial charge in [-0.05, 0) is 13.0 Å². The molecular formula is C9H17N3S. The van der Waals surface area contributed by atoms with Gasteiger partial charge >= 0.3 is 0 Å². The van der Waals surface area contributed by atoms with E-state index in [-0.39, 0.29) is 0 Å². The molecular weight excluding hydrogens is 182 g/mol. The van der Waals surface area contributed by atoms with Crippen molar-refractivity contribution in [1.29, 1.82) is 0 Å². The molecule has 1 atom stereocenters. The van der Waals surface area contributed by atoms with Gasteiger partial charge in [0.1, 0.15) is 0 Å². The first-order valence-corrected chi connectivity index (χ1v) is 5.55. The molecule has 0 aliphatic heterocycles. The normalized spacial score (nSPS) is 13.2. The lowest BCUT2D eigenvalue weighted by molar-refractivity contribution is 0.818. The predicted molar refractivity (Wildman–Crippen MR) is 57.6 cm³/mol. The molecule has 2 N–H and O–H groups in total. The first kappa shape index (κ1) is 10.6. The van der Waals surface area contributed by atoms with Gasteiger partial charge in [-0.2, -0.15) is 11.8 Å². The van der Waals surface area contributed by atoms with Gasteiger partial charge in [0.2, 0.25) is 0 Å². The number of aryl methyl sites for hydroxylation is 1. The molecule has 0 aromatic carbocycles. The van der Waals surface area contributed by atoms with Crippen LogP contribution in [0.1, 0.15) is 19.0 Å². The van der Waals surface area contributed by atoms with Gasteiger partial charge in [0, 0.05) is 29.9 Å². The molecule has 0 saturated heterocycles. The number of aromatic nitrogens is 2. The molecule has 0 radical (unpaired) electrons. The van der Waals surface area contributed by atoms with Crippen molar-refractivity contribution < 1.29 is 0 Å². The fourth-order valence-electron chi connectivity index (χ4n) is 1.07. The van der Waals surface area contributed by atoms with Crippen molar-refractivity contribution in [2.45, 2.75) is 24.3 Å². The molecule has 0 saturated carbocycles. The largest absolute Gasteiger partial charge is 0.337 e. The number of nitrogens with zero attached hydrogens (tertiary/aromatic N) is 2. The molecule has 0 fully saturated rings. The average molecular weight is 199 g/mol. The van der Waals surface area contributed by atoms with E-state index >= 15 is 0 Å². The van der Waals surface area contributed by atoms with E-state index in [9.17, 15) is 0 Å². The van der Waals surface area contributed by atoms with Crippen molar-refractivity contribution >= 4 is 11.8 Å². The molecule has 0 aliphatic carbocycles. The highest BCUT2D eigenvalue weighted by atomic mass is 32.2. The lowest BCUT2D eigenvalue weighted by Gasteiger charge is -2.09. The Labute approximate surface area is 83.7 Å². The first-order chi connectivity index (χ1) is 6.24. The molecule has 1 heterocycles. The Kier molecular flexibility index (Phi) is 4.32. The van der Waals surface area contributed by atoms with Gasteiger partial charge in [-0.1, -0.05) is 6.92 Å². The van der Waals surface area contributed by atoms with Crippen molar-refractivity contribution in [2.24, 2.45) is 12.8 Å². The second-order valence-electron chi connectivity index (χ2n) is 3.19. The van der Waals surface area contributed by atoms with Crippen LogP contribution in [0, 0.1) is 0 Å². The molecule has 74 valence electrons. The zero-order valence-electron chi connectivity index (χ0n) is 8.23. The lowest BCUT2D eigenvalue weighted by atomic mass is 10.3. The fraction of sp³-hybridized carbons (Fsp3) is 0.667. The van der Waals surface area contributed by atoms with Crippen LogP contribution in [0.3, 0.4) is 0 Å². The highest BCUT2D eigenvalue weighted by Crippen LogP contribution is 2.18. The minimum absolute atomic E-state index is 0.639. The van der Waals surface area contributed by atoms with Crippen LogP contribution >= 0.6 is 11.8 Å². The van der Waals surface area contributed by atoms with E-state index in [4.69, 9.17) is 5.73 Å². The van der Waals surface area contributed by atoms with E-state index in [2.05, 4.69) is 16.5 Å². The maximum Gasteiger partial charge on any atom is 0.0945 e. The molecule has 1 aromatic rings. The SMILES string of the molecule is CC(CCN)SCc1cncn1C. The van der Waals surface area contributed by atoms with Crippen LogP contribution in [0.25, 0.3) is 0 Å². The number of rotatable bonds is 5. The summed E-state index contributed by atoms with van der Waals surface area (Å²) < 4.78 is 2.06. The molecule has 1 unspecified atom stereocenters. The van der Waals surface area contributed by atoms with Gasteiger partial charge in [-0.15, -0.1) is 0 Å². The molecule has 1 aromatic heterocycles. The number of hydrogen-bond acceptors (Lipinski definition) is 3. The Morgan fingerprint density at radius 3 is 3.00 bits per heavy atom. The van der Waals surface area contributed by atoms with Gasteiger partial charge in [-0.3, -0.25) is 0 Å². The first-order valence-electron chi connectivity index (χ1n) is 4.51. The standard InChI is InChI=1S/C9H17N3S/c1-8(3-4-10)13-6-9-5-11-7-12(9)2/h5,7-8H,3-4,6,10H2,1-2H3. The third kappa shape index (κ3) is 3.40. The molecule has 0 spiro atoms. The minimum Gasteiger partial charge on any atom is -0.337 e. The highest BCUT2D eigenvalue weighted by Gasteiger charge is 2.03. The third-order valence-corrected chi connectivity index (χ3v) is 3.27. The summed E-state index contributed by atoms with van der Waals surface area (Å²) >= 11 is 1.93. The molecule has 0 aliphatic rings. The summed E-state index contributed by atoms with van der Waals surface area (Å²) in [7, 11) is 2.02. The Morgan fingerprint density at radius 2 is 2.46 bits per heavy atom. The molecule has 0 amide bonds. The topological polar surface area (TPSA) is 43.8 Å². The van der Waals surface area contributed by atoms with Crippen LogP contribution < -0.4 is 5.73 Å². The predicted octanol–water partition coefficient (Wildman–Crippen LogP) is 1.39. The van der Waals surface area contributed by atoms with Crippen molar-refractivity contribution in [1.82, 2.24) is 9.55 Å². The van der Waals surface area contributed by atoms with Crippen molar-refractivity contribution in [3.63, 3.8) is 0 Å². The number of hydrogen-bond donors (Lipinski definition) is 1. The van der Waals surface area contributed by atoms with Gasteiger partial charge in [0.15, 0.2) is 0 Å². The Morgan fingerprint density at radius 1 is 1.69 bits per heavy atom. The molecule has 1 rings (SSSR count). The van der Waals surface area contributed by atoms with Crippen LogP contribution in [0.4, 0.5) is 0 Å². The molecule has 13 heavy (non-hydrogen) atoms. The van der Waals surface area contributed by atoms with Crippen molar-refractivity contribution in [3.8, 4) is 0 Å². The van der Waals surface area contributed by atoms with Crippen LogP contribution in [0.5, 0.6) is 0 Å². The minimum atomic E-state index is 0.639. The van der Waals surface area contributed by atoms with Crippen LogP contribution in [0.2, 0.25) is 0 Å². The van der Waals surface area contributed by atoms with Gasteiger partial charge < -0.3 is 10.3 Å². The monoisotopic (exact) mass is 199 g/mol. The zero-order valence-corrected chi connectivity index (χ0v) is 9.05. The Bertz CT molecular complexity index is 247. The van der Waals surface area contributed by atoms with Crippen molar-refractivity contribution in [2.75, 3.05) is 6.54 Å². The quantitative estimate of drug-likeness (QED) is 0.779. The maximum atomic E-state index is 5.48. The van der Waals surface area contributed by atoms with E-state index in [1.54, 1.807) is 0 Å². The fourth-order valence-corrected chi connectivity index (χ4v) is 2.11. The van der Waals surface area contributed by atoms with E-state index < -0.39 is 0 Å². The Balaban J connectivity index is 2.30. The highest BCUT2D eigenvalue weighted by molar-refractivity contribution is 7.99. The van der Waals surface area contributed by atoms with E-state index in [1.807, 2.05) is 31.3 Å². The van der Waals surface area contributed by atoms with Crippen LogP contribution in [-0.4, -0.2) is 21.3 Å². The second-order valence-corrected chi connectivity index (χ2v) is 4.62. The molecule has 3 nitrogen and oxygen atoms in total. The smallest absolute Gasteiger partial charge is 0.0945 e. The van der Waals surface area contributed by atoms with Gasteiger partial charge in [0.05, 0.1) is 6.33 Å². The summed E-state index contributed by atoms with van der Waals surface area (Å²) in [6, 6.07) is 0. The lowest BCUT2D eigenvalue weighted by Crippen LogP contribution is -2.07. The van der Waals surface area contributed by atoms with E-state index in [1.165, 1.54) is 5.69 Å². The number of imidazole rings is 1. The third-order valence-electron chi connectivity index (χ3n) is 2.01. The van der Waals surface area contributed by atoms with Gasteiger partial charge in [0.25, 0.3) is 0 Å². The van der Waals surface area contributed by atoms with E-state index in [0.29, 0.717) is 5.25 Å². The van der Waals surface area contributed by atoms with Crippen LogP contribution in [0.15, 0.2) is 12.5 Å². The maximum absolute atomic E-state index is 5.48. The summed E-state index contributed by atoms with van der Waals surface area (Å²) in [5.41, 5.74) is 6.75. The zero-order chi connectivity index (χ0) is 9.68. The summed E-state index contributed by atoms with van der Waals surface area (Å²) in [4.78, 5) is 4.07. The average Bonchev–Trinajstić information content (AvgIpc) is 2.48. The number of thioether (sulfide) groups is 1. The summed E-state index contributed by atoms with van der Waals surface area (Å²) in [5.74, 6) is 1.03. The molecule has 4 heteroatoms.